The van der Waals surface area contributed by atoms with Gasteiger partial charge in [-0.25, -0.2) is 13.8 Å². The Balaban J connectivity index is 1.64. The minimum absolute atomic E-state index is 0.0218. The Morgan fingerprint density at radius 2 is 1.70 bits per heavy atom. The molecule has 0 aliphatic rings. The van der Waals surface area contributed by atoms with E-state index in [1.807, 2.05) is 0 Å². The molecule has 0 bridgehead atoms. The summed E-state index contributed by atoms with van der Waals surface area (Å²) >= 11 is 9.06. The van der Waals surface area contributed by atoms with Gasteiger partial charge in [0.1, 0.15) is 5.75 Å². The number of benzene rings is 3. The standard InChI is InChI=1S/C20H15BrClN3O4S/c21-15-3-10-19(26)14(11-15)12-23-24-20(27)13-1-6-17(7-2-13)25-30(28,29)18-8-4-16(22)5-9-18/h1-12,25-26H,(H,24,27)/b23-12-. The summed E-state index contributed by atoms with van der Waals surface area (Å²) in [5.41, 5.74) is 3.35. The van der Waals surface area contributed by atoms with Gasteiger partial charge in [-0.15, -0.1) is 0 Å². The number of aromatic hydroxyl groups is 1. The van der Waals surface area contributed by atoms with Crippen molar-refractivity contribution in [2.24, 2.45) is 5.10 Å². The van der Waals surface area contributed by atoms with Crippen molar-refractivity contribution in [3.8, 4) is 5.75 Å². The van der Waals surface area contributed by atoms with Crippen LogP contribution >= 0.6 is 27.5 Å². The lowest BCUT2D eigenvalue weighted by Gasteiger charge is -2.09. The average molecular weight is 509 g/mol. The molecule has 154 valence electrons. The van der Waals surface area contributed by atoms with Gasteiger partial charge in [0.2, 0.25) is 0 Å². The van der Waals surface area contributed by atoms with Crippen molar-refractivity contribution < 1.29 is 18.3 Å². The van der Waals surface area contributed by atoms with E-state index in [1.165, 1.54) is 60.8 Å². The number of carbonyl (C=O) groups excluding carboxylic acids is 1. The fourth-order valence-corrected chi connectivity index (χ4v) is 3.93. The van der Waals surface area contributed by atoms with Gasteiger partial charge in [0, 0.05) is 26.3 Å². The summed E-state index contributed by atoms with van der Waals surface area (Å²) in [5.74, 6) is -0.471. The quantitative estimate of drug-likeness (QED) is 0.339. The SMILES string of the molecule is O=C(N/N=C\c1cc(Br)ccc1O)c1ccc(NS(=O)(=O)c2ccc(Cl)cc2)cc1. The number of anilines is 1. The smallest absolute Gasteiger partial charge is 0.271 e. The molecule has 3 aromatic rings. The van der Waals surface area contributed by atoms with Crippen LogP contribution in [-0.4, -0.2) is 25.6 Å². The van der Waals surface area contributed by atoms with Gasteiger partial charge in [0.25, 0.3) is 15.9 Å². The van der Waals surface area contributed by atoms with Crippen molar-refractivity contribution in [3.05, 3.63) is 87.4 Å². The molecular weight excluding hydrogens is 494 g/mol. The minimum Gasteiger partial charge on any atom is -0.507 e. The van der Waals surface area contributed by atoms with E-state index in [1.54, 1.807) is 12.1 Å². The van der Waals surface area contributed by atoms with Crippen LogP contribution in [-0.2, 0) is 10.0 Å². The number of hydrazone groups is 1. The lowest BCUT2D eigenvalue weighted by Crippen LogP contribution is -2.18. The van der Waals surface area contributed by atoms with Crippen LogP contribution in [0.4, 0.5) is 5.69 Å². The molecule has 0 spiro atoms. The zero-order chi connectivity index (χ0) is 21.7. The van der Waals surface area contributed by atoms with Crippen LogP contribution in [0.5, 0.6) is 5.75 Å². The molecule has 0 fully saturated rings. The van der Waals surface area contributed by atoms with Crippen molar-refractivity contribution >= 4 is 55.4 Å². The van der Waals surface area contributed by atoms with E-state index < -0.39 is 15.9 Å². The fourth-order valence-electron chi connectivity index (χ4n) is 2.37. The van der Waals surface area contributed by atoms with E-state index in [0.29, 0.717) is 16.3 Å². The summed E-state index contributed by atoms with van der Waals surface area (Å²) in [4.78, 5) is 12.3. The first kappa shape index (κ1) is 21.8. The Hall–Kier alpha value is -2.88. The largest absolute Gasteiger partial charge is 0.507 e. The molecule has 0 radical (unpaired) electrons. The normalized spacial score (nSPS) is 11.4. The van der Waals surface area contributed by atoms with Crippen LogP contribution < -0.4 is 10.1 Å². The van der Waals surface area contributed by atoms with E-state index in [0.717, 1.165) is 4.47 Å². The summed E-state index contributed by atoms with van der Waals surface area (Å²) in [7, 11) is -3.78. The Bertz CT molecular complexity index is 1200. The molecule has 3 rings (SSSR count). The zero-order valence-electron chi connectivity index (χ0n) is 15.2. The third-order valence-electron chi connectivity index (χ3n) is 3.88. The molecule has 1 amide bonds. The highest BCUT2D eigenvalue weighted by molar-refractivity contribution is 9.10. The minimum atomic E-state index is -3.78. The second-order valence-corrected chi connectivity index (χ2v) is 9.07. The predicted octanol–water partition coefficient (Wildman–Crippen LogP) is 4.37. The molecule has 0 aliphatic carbocycles. The number of rotatable bonds is 6. The van der Waals surface area contributed by atoms with Crippen molar-refractivity contribution in [2.75, 3.05) is 4.72 Å². The Labute approximate surface area is 186 Å². The average Bonchev–Trinajstić information content (AvgIpc) is 2.71. The topological polar surface area (TPSA) is 108 Å². The number of carbonyl (C=O) groups is 1. The highest BCUT2D eigenvalue weighted by atomic mass is 79.9. The van der Waals surface area contributed by atoms with Crippen LogP contribution in [0.2, 0.25) is 5.02 Å². The molecule has 10 heteroatoms. The van der Waals surface area contributed by atoms with Gasteiger partial charge < -0.3 is 5.11 Å². The van der Waals surface area contributed by atoms with E-state index in [4.69, 9.17) is 11.6 Å². The Kier molecular flexibility index (Phi) is 6.76. The number of hydrogen-bond donors (Lipinski definition) is 3. The molecule has 0 atom stereocenters. The monoisotopic (exact) mass is 507 g/mol. The molecule has 0 saturated carbocycles. The van der Waals surface area contributed by atoms with Crippen molar-refractivity contribution in [1.29, 1.82) is 0 Å². The first-order valence-electron chi connectivity index (χ1n) is 8.45. The second-order valence-electron chi connectivity index (χ2n) is 6.04. The maximum Gasteiger partial charge on any atom is 0.271 e. The molecular formula is C20H15BrClN3O4S. The van der Waals surface area contributed by atoms with Crippen molar-refractivity contribution in [2.45, 2.75) is 4.90 Å². The van der Waals surface area contributed by atoms with Crippen LogP contribution in [0.3, 0.4) is 0 Å². The summed E-state index contributed by atoms with van der Waals surface area (Å²) in [5, 5.41) is 14.0. The van der Waals surface area contributed by atoms with Crippen LogP contribution in [0.25, 0.3) is 0 Å². The first-order chi connectivity index (χ1) is 14.2. The van der Waals surface area contributed by atoms with Gasteiger partial charge in [-0.05, 0) is 66.7 Å². The molecule has 0 aliphatic heterocycles. The first-order valence-corrected chi connectivity index (χ1v) is 11.1. The number of amides is 1. The number of phenols is 1. The fraction of sp³-hybridized carbons (Fsp3) is 0. The van der Waals surface area contributed by atoms with Crippen LogP contribution in [0.15, 0.2) is 81.2 Å². The maximum absolute atomic E-state index is 12.4. The number of nitrogens with one attached hydrogen (secondary N) is 2. The molecule has 0 unspecified atom stereocenters. The molecule has 3 N–H and O–H groups in total. The number of halogens is 2. The maximum atomic E-state index is 12.4. The summed E-state index contributed by atoms with van der Waals surface area (Å²) < 4.78 is 28.0. The lowest BCUT2D eigenvalue weighted by molar-refractivity contribution is 0.0955. The van der Waals surface area contributed by atoms with Gasteiger partial charge in [-0.3, -0.25) is 9.52 Å². The van der Waals surface area contributed by atoms with Crippen LogP contribution in [0.1, 0.15) is 15.9 Å². The number of sulfonamides is 1. The molecule has 3 aromatic carbocycles. The van der Waals surface area contributed by atoms with E-state index in [2.05, 4.69) is 31.2 Å². The molecule has 0 aromatic heterocycles. The summed E-state index contributed by atoms with van der Waals surface area (Å²) in [6.45, 7) is 0. The highest BCUT2D eigenvalue weighted by Gasteiger charge is 2.14. The molecule has 0 saturated heterocycles. The molecule has 7 nitrogen and oxygen atoms in total. The molecule has 30 heavy (non-hydrogen) atoms. The van der Waals surface area contributed by atoms with Crippen LogP contribution in [0, 0.1) is 0 Å². The summed E-state index contributed by atoms with van der Waals surface area (Å²) in [6, 6.07) is 16.4. The number of nitrogens with zero attached hydrogens (tertiary/aromatic N) is 1. The lowest BCUT2D eigenvalue weighted by atomic mass is 10.2. The van der Waals surface area contributed by atoms with Gasteiger partial charge in [0.15, 0.2) is 0 Å². The van der Waals surface area contributed by atoms with E-state index >= 15 is 0 Å². The molecule has 0 heterocycles. The Morgan fingerprint density at radius 3 is 2.37 bits per heavy atom. The van der Waals surface area contributed by atoms with E-state index in [9.17, 15) is 18.3 Å². The zero-order valence-corrected chi connectivity index (χ0v) is 18.4. The second kappa shape index (κ2) is 9.29. The Morgan fingerprint density at radius 1 is 1.03 bits per heavy atom. The third-order valence-corrected chi connectivity index (χ3v) is 6.02. The highest BCUT2D eigenvalue weighted by Crippen LogP contribution is 2.20. The van der Waals surface area contributed by atoms with Gasteiger partial charge in [-0.1, -0.05) is 27.5 Å². The number of phenolic OH excluding ortho intramolecular Hbond substituents is 1. The van der Waals surface area contributed by atoms with Gasteiger partial charge >= 0.3 is 0 Å². The van der Waals surface area contributed by atoms with Crippen molar-refractivity contribution in [1.82, 2.24) is 5.43 Å². The third kappa shape index (κ3) is 5.59. The summed E-state index contributed by atoms with van der Waals surface area (Å²) in [6.07, 6.45) is 1.31. The van der Waals surface area contributed by atoms with Crippen molar-refractivity contribution in [3.63, 3.8) is 0 Å². The van der Waals surface area contributed by atoms with E-state index in [-0.39, 0.29) is 16.2 Å². The number of hydrogen-bond acceptors (Lipinski definition) is 5. The predicted molar refractivity (Wildman–Crippen MR) is 120 cm³/mol. The van der Waals surface area contributed by atoms with Gasteiger partial charge in [0.05, 0.1) is 11.1 Å². The van der Waals surface area contributed by atoms with Gasteiger partial charge in [-0.2, -0.15) is 5.10 Å².